The molecule has 11 heteroatoms. The van der Waals surface area contributed by atoms with Crippen LogP contribution >= 0.6 is 0 Å². The van der Waals surface area contributed by atoms with Crippen molar-refractivity contribution < 1.29 is 30.6 Å². The van der Waals surface area contributed by atoms with Gasteiger partial charge in [0, 0.05) is 42.3 Å². The fourth-order valence-electron chi connectivity index (χ4n) is 3.97. The number of benzene rings is 2. The Bertz CT molecular complexity index is 1290. The Morgan fingerprint density at radius 2 is 1.91 bits per heavy atom. The van der Waals surface area contributed by atoms with Crippen LogP contribution < -0.4 is 9.50 Å². The number of carbonyl (C=O) groups is 1. The number of aromatic nitrogens is 1. The predicted octanol–water partition coefficient (Wildman–Crippen LogP) is 3.96. The van der Waals surface area contributed by atoms with Gasteiger partial charge in [0.05, 0.1) is 0 Å². The number of hydrogen-bond acceptors (Lipinski definition) is 5. The van der Waals surface area contributed by atoms with Crippen molar-refractivity contribution in [3.05, 3.63) is 65.4 Å². The van der Waals surface area contributed by atoms with E-state index in [0.29, 0.717) is 25.1 Å². The average Bonchev–Trinajstić information content (AvgIpc) is 3.25. The molecule has 1 aliphatic heterocycles. The van der Waals surface area contributed by atoms with E-state index in [9.17, 15) is 26.4 Å². The van der Waals surface area contributed by atoms with Crippen molar-refractivity contribution in [2.75, 3.05) is 19.6 Å². The SMILES string of the molecule is O=C(NCCCCN1CCc2ccc(OS(=O)(=O)C(F)(F)F)cc2C1)c1ccc2[nH]ccc2c1. The number of aromatic amines is 1. The molecule has 0 saturated heterocycles. The second-order valence-electron chi connectivity index (χ2n) is 8.18. The van der Waals surface area contributed by atoms with Crippen LogP contribution in [0.15, 0.2) is 48.7 Å². The number of rotatable bonds is 8. The molecule has 1 aromatic heterocycles. The molecule has 3 aromatic rings. The van der Waals surface area contributed by atoms with Gasteiger partial charge in [-0.15, -0.1) is 0 Å². The highest BCUT2D eigenvalue weighted by Crippen LogP contribution is 2.29. The number of H-pyrrole nitrogens is 1. The van der Waals surface area contributed by atoms with Crippen molar-refractivity contribution in [1.82, 2.24) is 15.2 Å². The lowest BCUT2D eigenvalue weighted by Crippen LogP contribution is -2.32. The van der Waals surface area contributed by atoms with Gasteiger partial charge in [0.2, 0.25) is 0 Å². The molecule has 0 unspecified atom stereocenters. The summed E-state index contributed by atoms with van der Waals surface area (Å²) in [7, 11) is -5.70. The smallest absolute Gasteiger partial charge is 0.376 e. The summed E-state index contributed by atoms with van der Waals surface area (Å²) in [6.07, 6.45) is 4.13. The van der Waals surface area contributed by atoms with Crippen molar-refractivity contribution in [2.24, 2.45) is 0 Å². The van der Waals surface area contributed by atoms with Crippen LogP contribution in [0.3, 0.4) is 0 Å². The molecule has 0 radical (unpaired) electrons. The maximum absolute atomic E-state index is 12.6. The number of unbranched alkanes of at least 4 members (excludes halogenated alkanes) is 1. The van der Waals surface area contributed by atoms with Crippen LogP contribution in [0, 0.1) is 0 Å². The normalized spacial score (nSPS) is 14.7. The molecule has 0 saturated carbocycles. The van der Waals surface area contributed by atoms with Crippen LogP contribution in [0.5, 0.6) is 5.75 Å². The number of hydrogen-bond donors (Lipinski definition) is 2. The van der Waals surface area contributed by atoms with Gasteiger partial charge >= 0.3 is 15.6 Å². The van der Waals surface area contributed by atoms with Gasteiger partial charge in [-0.2, -0.15) is 21.6 Å². The topological polar surface area (TPSA) is 91.5 Å². The molecule has 34 heavy (non-hydrogen) atoms. The first-order chi connectivity index (χ1) is 16.1. The first-order valence-corrected chi connectivity index (χ1v) is 12.2. The Morgan fingerprint density at radius 3 is 2.71 bits per heavy atom. The maximum Gasteiger partial charge on any atom is 0.534 e. The fraction of sp³-hybridized carbons (Fsp3) is 0.348. The number of alkyl halides is 3. The van der Waals surface area contributed by atoms with Gasteiger partial charge in [-0.3, -0.25) is 9.69 Å². The summed E-state index contributed by atoms with van der Waals surface area (Å²) in [6.45, 7) is 2.55. The number of halogens is 3. The molecule has 0 bridgehead atoms. The van der Waals surface area contributed by atoms with Gasteiger partial charge in [0.15, 0.2) is 0 Å². The van der Waals surface area contributed by atoms with Crippen molar-refractivity contribution in [3.8, 4) is 5.75 Å². The standard InChI is InChI=1S/C23H24F3N3O4S/c24-23(25,26)34(31,32)33-20-5-3-16-8-12-29(15-19(16)14-20)11-2-1-9-28-22(30)18-4-6-21-17(13-18)7-10-27-21/h3-7,10,13-14,27H,1-2,8-9,11-12,15H2,(H,28,30). The summed E-state index contributed by atoms with van der Waals surface area (Å²) in [5, 5.41) is 3.89. The van der Waals surface area contributed by atoms with E-state index in [2.05, 4.69) is 19.4 Å². The monoisotopic (exact) mass is 495 g/mol. The van der Waals surface area contributed by atoms with Crippen molar-refractivity contribution in [3.63, 3.8) is 0 Å². The Balaban J connectivity index is 1.23. The van der Waals surface area contributed by atoms with E-state index >= 15 is 0 Å². The molecular formula is C23H24F3N3O4S. The summed E-state index contributed by atoms with van der Waals surface area (Å²) in [5.74, 6) is -0.477. The zero-order valence-corrected chi connectivity index (χ0v) is 19.0. The highest BCUT2D eigenvalue weighted by molar-refractivity contribution is 7.88. The Kier molecular flexibility index (Phi) is 6.85. The van der Waals surface area contributed by atoms with E-state index in [1.165, 1.54) is 12.1 Å². The fourth-order valence-corrected chi connectivity index (χ4v) is 4.42. The number of fused-ring (bicyclic) bond motifs is 2. The number of nitrogens with one attached hydrogen (secondary N) is 2. The van der Waals surface area contributed by atoms with Gasteiger partial charge < -0.3 is 14.5 Å². The number of carbonyl (C=O) groups excluding carboxylic acids is 1. The quantitative estimate of drug-likeness (QED) is 0.280. The lowest BCUT2D eigenvalue weighted by molar-refractivity contribution is -0.0500. The zero-order chi connectivity index (χ0) is 24.3. The molecule has 7 nitrogen and oxygen atoms in total. The number of amides is 1. The van der Waals surface area contributed by atoms with Gasteiger partial charge in [-0.05, 0) is 73.3 Å². The summed E-state index contributed by atoms with van der Waals surface area (Å²) < 4.78 is 64.5. The third-order valence-corrected chi connectivity index (χ3v) is 6.74. The minimum atomic E-state index is -5.70. The second-order valence-corrected chi connectivity index (χ2v) is 9.72. The third-order valence-electron chi connectivity index (χ3n) is 5.76. The molecule has 2 heterocycles. The van der Waals surface area contributed by atoms with E-state index in [0.717, 1.165) is 48.0 Å². The first-order valence-electron chi connectivity index (χ1n) is 10.8. The van der Waals surface area contributed by atoms with Crippen LogP contribution in [-0.2, 0) is 23.1 Å². The molecule has 4 rings (SSSR count). The van der Waals surface area contributed by atoms with E-state index in [1.54, 1.807) is 12.1 Å². The van der Waals surface area contributed by atoms with Crippen LogP contribution in [-0.4, -0.2) is 49.4 Å². The van der Waals surface area contributed by atoms with Crippen LogP contribution in [0.2, 0.25) is 0 Å². The van der Waals surface area contributed by atoms with E-state index in [4.69, 9.17) is 0 Å². The van der Waals surface area contributed by atoms with Crippen molar-refractivity contribution >= 4 is 26.9 Å². The molecule has 2 N–H and O–H groups in total. The Hall–Kier alpha value is -3.05. The number of nitrogens with zero attached hydrogens (tertiary/aromatic N) is 1. The lowest BCUT2D eigenvalue weighted by atomic mass is 9.99. The van der Waals surface area contributed by atoms with Gasteiger partial charge in [-0.1, -0.05) is 6.07 Å². The largest absolute Gasteiger partial charge is 0.534 e. The van der Waals surface area contributed by atoms with Gasteiger partial charge in [0.25, 0.3) is 5.91 Å². The summed E-state index contributed by atoms with van der Waals surface area (Å²) in [6, 6.07) is 11.6. The summed E-state index contributed by atoms with van der Waals surface area (Å²) >= 11 is 0. The van der Waals surface area contributed by atoms with Crippen LogP contribution in [0.1, 0.15) is 34.3 Å². The van der Waals surface area contributed by atoms with E-state index < -0.39 is 15.6 Å². The van der Waals surface area contributed by atoms with Crippen molar-refractivity contribution in [1.29, 1.82) is 0 Å². The summed E-state index contributed by atoms with van der Waals surface area (Å²) in [5.41, 5.74) is -2.20. The van der Waals surface area contributed by atoms with Crippen molar-refractivity contribution in [2.45, 2.75) is 31.3 Å². The molecule has 0 spiro atoms. The van der Waals surface area contributed by atoms with Gasteiger partial charge in [-0.25, -0.2) is 0 Å². The molecule has 1 amide bonds. The second kappa shape index (κ2) is 9.67. The predicted molar refractivity (Wildman–Crippen MR) is 121 cm³/mol. The van der Waals surface area contributed by atoms with Crippen LogP contribution in [0.4, 0.5) is 13.2 Å². The lowest BCUT2D eigenvalue weighted by Gasteiger charge is -2.29. The van der Waals surface area contributed by atoms with E-state index in [1.807, 2.05) is 24.4 Å². The first kappa shape index (κ1) is 24.1. The molecule has 2 aromatic carbocycles. The molecule has 0 aliphatic carbocycles. The molecule has 0 atom stereocenters. The highest BCUT2D eigenvalue weighted by Gasteiger charge is 2.48. The summed E-state index contributed by atoms with van der Waals surface area (Å²) in [4.78, 5) is 17.6. The van der Waals surface area contributed by atoms with Gasteiger partial charge in [0.1, 0.15) is 5.75 Å². The highest BCUT2D eigenvalue weighted by atomic mass is 32.2. The minimum Gasteiger partial charge on any atom is -0.376 e. The molecule has 0 fully saturated rings. The molecule has 1 aliphatic rings. The zero-order valence-electron chi connectivity index (χ0n) is 18.2. The molecule has 182 valence electrons. The van der Waals surface area contributed by atoms with E-state index in [-0.39, 0.29) is 11.7 Å². The minimum absolute atomic E-state index is 0.128. The Morgan fingerprint density at radius 1 is 1.09 bits per heavy atom. The molecular weight excluding hydrogens is 471 g/mol. The maximum atomic E-state index is 12.6. The Labute approximate surface area is 195 Å². The average molecular weight is 496 g/mol. The third kappa shape index (κ3) is 5.53. The van der Waals surface area contributed by atoms with Crippen LogP contribution in [0.25, 0.3) is 10.9 Å².